The summed E-state index contributed by atoms with van der Waals surface area (Å²) >= 11 is 4.14. The number of halogens is 1. The zero-order chi connectivity index (χ0) is 7.14. The molecule has 2 heterocycles. The Balaban J connectivity index is 2.59. The van der Waals surface area contributed by atoms with Crippen LogP contribution in [0.1, 0.15) is 15.3 Å². The predicted octanol–water partition coefficient (Wildman–Crippen LogP) is 2.75. The molecule has 0 radical (unpaired) electrons. The van der Waals surface area contributed by atoms with Crippen molar-refractivity contribution in [3.05, 3.63) is 21.4 Å². The van der Waals surface area contributed by atoms with Crippen molar-refractivity contribution in [3.63, 3.8) is 0 Å². The minimum Gasteiger partial charge on any atom is -0.273 e. The van der Waals surface area contributed by atoms with Crippen LogP contribution in [0.4, 0.5) is 0 Å². The molecule has 0 N–H and O–H groups in total. The van der Waals surface area contributed by atoms with E-state index in [1.165, 1.54) is 19.0 Å². The van der Waals surface area contributed by atoms with Gasteiger partial charge in [0, 0.05) is 4.88 Å². The van der Waals surface area contributed by atoms with Gasteiger partial charge in [-0.2, -0.15) is 0 Å². The van der Waals surface area contributed by atoms with Gasteiger partial charge in [0.25, 0.3) is 0 Å². The zero-order valence-electron chi connectivity index (χ0n) is 5.52. The molecule has 0 aromatic carbocycles. The van der Waals surface area contributed by atoms with E-state index in [2.05, 4.69) is 40.6 Å². The minimum atomic E-state index is 0.901. The molecule has 0 fully saturated rings. The smallest absolute Gasteiger partial charge is 0.113 e. The monoisotopic (exact) mass is 263 g/mol. The second-order valence-corrected chi connectivity index (χ2v) is 4.60. The number of fused-ring (bicyclic) bond motifs is 1. The maximum atomic E-state index is 4.32. The summed E-state index contributed by atoms with van der Waals surface area (Å²) in [6.45, 7) is 3.05. The molecule has 0 aliphatic carbocycles. The Kier molecular flexibility index (Phi) is 1.56. The molecule has 1 aromatic rings. The first-order chi connectivity index (χ1) is 4.77. The van der Waals surface area contributed by atoms with Crippen molar-refractivity contribution in [2.45, 2.75) is 13.5 Å². The highest BCUT2D eigenvalue weighted by atomic mass is 127. The molecule has 0 saturated heterocycles. The molecule has 0 saturated carbocycles. The molecule has 0 spiro atoms. The SMILES string of the molecule is Cc1cc2c(s1)C(I)=NC2. The van der Waals surface area contributed by atoms with Gasteiger partial charge in [-0.3, -0.25) is 4.99 Å². The van der Waals surface area contributed by atoms with Crippen LogP contribution in [0.5, 0.6) is 0 Å². The Morgan fingerprint density at radius 1 is 1.70 bits per heavy atom. The normalized spacial score (nSPS) is 15.2. The van der Waals surface area contributed by atoms with Crippen LogP contribution in [0.15, 0.2) is 11.1 Å². The van der Waals surface area contributed by atoms with Crippen LogP contribution in [0.25, 0.3) is 0 Å². The first-order valence-electron chi connectivity index (χ1n) is 3.07. The van der Waals surface area contributed by atoms with Crippen molar-refractivity contribution in [2.75, 3.05) is 0 Å². The number of hydrogen-bond donors (Lipinski definition) is 0. The molecule has 3 heteroatoms. The van der Waals surface area contributed by atoms with Crippen molar-refractivity contribution in [1.29, 1.82) is 0 Å². The molecular weight excluding hydrogens is 257 g/mol. The second-order valence-electron chi connectivity index (χ2n) is 2.32. The van der Waals surface area contributed by atoms with Gasteiger partial charge in [-0.15, -0.1) is 11.3 Å². The van der Waals surface area contributed by atoms with E-state index < -0.39 is 0 Å². The average molecular weight is 263 g/mol. The summed E-state index contributed by atoms with van der Waals surface area (Å²) in [6.07, 6.45) is 0. The Hall–Kier alpha value is 0.1000. The summed E-state index contributed by atoms with van der Waals surface area (Å²) in [7, 11) is 0. The van der Waals surface area contributed by atoms with Crippen molar-refractivity contribution >= 4 is 37.6 Å². The lowest BCUT2D eigenvalue weighted by molar-refractivity contribution is 1.12. The highest BCUT2D eigenvalue weighted by Gasteiger charge is 2.15. The molecule has 1 aliphatic heterocycles. The summed E-state index contributed by atoms with van der Waals surface area (Å²) in [5, 5.41) is 0. The molecule has 0 atom stereocenters. The lowest BCUT2D eigenvalue weighted by Gasteiger charge is -1.82. The molecule has 1 aliphatic rings. The van der Waals surface area contributed by atoms with E-state index >= 15 is 0 Å². The van der Waals surface area contributed by atoms with Gasteiger partial charge in [0.15, 0.2) is 0 Å². The summed E-state index contributed by atoms with van der Waals surface area (Å²) in [5.74, 6) is 0. The van der Waals surface area contributed by atoms with Gasteiger partial charge >= 0.3 is 0 Å². The largest absolute Gasteiger partial charge is 0.273 e. The van der Waals surface area contributed by atoms with Gasteiger partial charge in [0.2, 0.25) is 0 Å². The van der Waals surface area contributed by atoms with Gasteiger partial charge in [-0.05, 0) is 41.1 Å². The molecule has 0 unspecified atom stereocenters. The van der Waals surface area contributed by atoms with Gasteiger partial charge in [0.1, 0.15) is 3.72 Å². The molecule has 1 aromatic heterocycles. The Bertz CT molecular complexity index is 301. The summed E-state index contributed by atoms with van der Waals surface area (Å²) in [6, 6.07) is 2.23. The number of nitrogens with zero attached hydrogens (tertiary/aromatic N) is 1. The minimum absolute atomic E-state index is 0.901. The maximum absolute atomic E-state index is 4.32. The van der Waals surface area contributed by atoms with Gasteiger partial charge < -0.3 is 0 Å². The van der Waals surface area contributed by atoms with E-state index in [4.69, 9.17) is 0 Å². The second kappa shape index (κ2) is 2.30. The molecule has 52 valence electrons. The first kappa shape index (κ1) is 6.79. The lowest BCUT2D eigenvalue weighted by Crippen LogP contribution is -1.77. The van der Waals surface area contributed by atoms with E-state index in [1.54, 1.807) is 0 Å². The average Bonchev–Trinajstić information content (AvgIpc) is 2.35. The number of hydrogen-bond acceptors (Lipinski definition) is 2. The topological polar surface area (TPSA) is 12.4 Å². The quantitative estimate of drug-likeness (QED) is 0.638. The van der Waals surface area contributed by atoms with Crippen LogP contribution in [0, 0.1) is 6.92 Å². The standard InChI is InChI=1S/C7H6INS/c1-4-2-5-3-9-7(8)6(5)10-4/h2H,3H2,1H3. The fourth-order valence-electron chi connectivity index (χ4n) is 1.09. The van der Waals surface area contributed by atoms with Crippen molar-refractivity contribution in [3.8, 4) is 0 Å². The zero-order valence-corrected chi connectivity index (χ0v) is 8.49. The van der Waals surface area contributed by atoms with Crippen molar-refractivity contribution in [1.82, 2.24) is 0 Å². The molecule has 1 nitrogen and oxygen atoms in total. The molecule has 0 amide bonds. The van der Waals surface area contributed by atoms with E-state index in [1.807, 2.05) is 11.3 Å². The van der Waals surface area contributed by atoms with Crippen LogP contribution < -0.4 is 0 Å². The van der Waals surface area contributed by atoms with Gasteiger partial charge in [0.05, 0.1) is 11.4 Å². The van der Waals surface area contributed by atoms with Crippen molar-refractivity contribution < 1.29 is 0 Å². The molecule has 2 rings (SSSR count). The third-order valence-corrected chi connectivity index (χ3v) is 3.85. The Labute approximate surface area is 77.3 Å². The van der Waals surface area contributed by atoms with Crippen LogP contribution in [-0.4, -0.2) is 3.72 Å². The van der Waals surface area contributed by atoms with Crippen molar-refractivity contribution in [2.24, 2.45) is 4.99 Å². The third-order valence-electron chi connectivity index (χ3n) is 1.51. The van der Waals surface area contributed by atoms with Crippen LogP contribution in [-0.2, 0) is 6.54 Å². The fourth-order valence-corrected chi connectivity index (χ4v) is 2.86. The highest BCUT2D eigenvalue weighted by Crippen LogP contribution is 2.29. The van der Waals surface area contributed by atoms with Crippen LogP contribution in [0.2, 0.25) is 0 Å². The van der Waals surface area contributed by atoms with Gasteiger partial charge in [-0.25, -0.2) is 0 Å². The number of rotatable bonds is 0. The predicted molar refractivity (Wildman–Crippen MR) is 53.3 cm³/mol. The molecule has 10 heavy (non-hydrogen) atoms. The number of aliphatic imine (C=N–C) groups is 1. The third kappa shape index (κ3) is 0.917. The summed E-state index contributed by atoms with van der Waals surface area (Å²) in [5.41, 5.74) is 1.41. The lowest BCUT2D eigenvalue weighted by atomic mass is 10.3. The molecule has 0 bridgehead atoms. The number of thiophene rings is 1. The highest BCUT2D eigenvalue weighted by molar-refractivity contribution is 14.1. The van der Waals surface area contributed by atoms with E-state index in [0.717, 1.165) is 6.54 Å². The van der Waals surface area contributed by atoms with Crippen LogP contribution in [0.3, 0.4) is 0 Å². The van der Waals surface area contributed by atoms with Crippen LogP contribution >= 0.6 is 33.9 Å². The Morgan fingerprint density at radius 3 is 3.20 bits per heavy atom. The Morgan fingerprint density at radius 2 is 2.50 bits per heavy atom. The van der Waals surface area contributed by atoms with E-state index in [9.17, 15) is 0 Å². The van der Waals surface area contributed by atoms with Gasteiger partial charge in [-0.1, -0.05) is 0 Å². The summed E-state index contributed by atoms with van der Waals surface area (Å²) in [4.78, 5) is 7.10. The maximum Gasteiger partial charge on any atom is 0.113 e. The number of aryl methyl sites for hydroxylation is 1. The molecular formula is C7H6INS. The first-order valence-corrected chi connectivity index (χ1v) is 4.96. The summed E-state index contributed by atoms with van der Waals surface area (Å²) < 4.78 is 1.19. The van der Waals surface area contributed by atoms with E-state index in [-0.39, 0.29) is 0 Å². The van der Waals surface area contributed by atoms with E-state index in [0.29, 0.717) is 0 Å². The fraction of sp³-hybridized carbons (Fsp3) is 0.286.